The highest BCUT2D eigenvalue weighted by molar-refractivity contribution is 5.93. The molecule has 1 aliphatic carbocycles. The van der Waals surface area contributed by atoms with Gasteiger partial charge in [-0.25, -0.2) is 4.39 Å². The zero-order valence-electron chi connectivity index (χ0n) is 10.8. The first-order chi connectivity index (χ1) is 9.24. The van der Waals surface area contributed by atoms with Crippen LogP contribution in [0.3, 0.4) is 0 Å². The van der Waals surface area contributed by atoms with Crippen LogP contribution in [0.25, 0.3) is 10.8 Å². The lowest BCUT2D eigenvalue weighted by molar-refractivity contribution is 0.411. The van der Waals surface area contributed by atoms with Gasteiger partial charge in [0.2, 0.25) is 0 Å². The number of hydrogen-bond acceptors (Lipinski definition) is 3. The number of anilines is 1. The lowest BCUT2D eigenvalue weighted by Gasteiger charge is -2.28. The summed E-state index contributed by atoms with van der Waals surface area (Å²) in [7, 11) is 0. The number of pyridine rings is 1. The highest BCUT2D eigenvalue weighted by Crippen LogP contribution is 2.28. The molecule has 1 heterocycles. The summed E-state index contributed by atoms with van der Waals surface area (Å²) < 4.78 is 13.9. The number of benzene rings is 1. The first-order valence-electron chi connectivity index (χ1n) is 6.78. The molecule has 0 amide bonds. The summed E-state index contributed by atoms with van der Waals surface area (Å²) in [5, 5.41) is 4.92. The lowest BCUT2D eigenvalue weighted by atomic mass is 9.91. The van der Waals surface area contributed by atoms with E-state index >= 15 is 0 Å². The van der Waals surface area contributed by atoms with Crippen LogP contribution in [-0.2, 0) is 0 Å². The largest absolute Gasteiger partial charge is 0.382 e. The van der Waals surface area contributed by atoms with Gasteiger partial charge in [0.1, 0.15) is 0 Å². The molecule has 0 radical (unpaired) electrons. The fourth-order valence-corrected chi connectivity index (χ4v) is 2.80. The van der Waals surface area contributed by atoms with Crippen LogP contribution in [0.2, 0.25) is 0 Å². The summed E-state index contributed by atoms with van der Waals surface area (Å²) in [5.74, 6) is -0.270. The molecule has 0 spiro atoms. The van der Waals surface area contributed by atoms with Gasteiger partial charge < -0.3 is 11.1 Å². The van der Waals surface area contributed by atoms with E-state index in [9.17, 15) is 4.39 Å². The van der Waals surface area contributed by atoms with Crippen LogP contribution in [0.5, 0.6) is 0 Å². The second kappa shape index (κ2) is 5.13. The highest BCUT2D eigenvalue weighted by atomic mass is 19.1. The minimum absolute atomic E-state index is 0.270. The summed E-state index contributed by atoms with van der Waals surface area (Å²) in [6.45, 7) is 0. The minimum Gasteiger partial charge on any atom is -0.382 e. The molecule has 0 bridgehead atoms. The van der Waals surface area contributed by atoms with Crippen LogP contribution < -0.4 is 11.1 Å². The van der Waals surface area contributed by atoms with Gasteiger partial charge in [0.25, 0.3) is 0 Å². The number of hydrogen-bond donors (Lipinski definition) is 2. The summed E-state index contributed by atoms with van der Waals surface area (Å²) >= 11 is 0. The van der Waals surface area contributed by atoms with E-state index in [1.54, 1.807) is 6.20 Å². The SMILES string of the molecule is N[C@H]1CC[C@@H](Nc2cccc3cncc(F)c23)CC1. The third kappa shape index (κ3) is 2.54. The van der Waals surface area contributed by atoms with E-state index < -0.39 is 0 Å². The monoisotopic (exact) mass is 259 g/mol. The zero-order chi connectivity index (χ0) is 13.2. The van der Waals surface area contributed by atoms with Crippen molar-refractivity contribution in [2.24, 2.45) is 5.73 Å². The Kier molecular flexibility index (Phi) is 3.34. The van der Waals surface area contributed by atoms with Gasteiger partial charge in [0.15, 0.2) is 5.82 Å². The molecule has 0 unspecified atom stereocenters. The number of aromatic nitrogens is 1. The molecule has 1 aromatic heterocycles. The van der Waals surface area contributed by atoms with Crippen LogP contribution >= 0.6 is 0 Å². The molecule has 4 heteroatoms. The lowest BCUT2D eigenvalue weighted by Crippen LogP contribution is -2.32. The first-order valence-corrected chi connectivity index (χ1v) is 6.78. The van der Waals surface area contributed by atoms with Crippen molar-refractivity contribution in [2.75, 3.05) is 5.32 Å². The average Bonchev–Trinajstić information content (AvgIpc) is 2.42. The maximum absolute atomic E-state index is 13.9. The van der Waals surface area contributed by atoms with Gasteiger partial charge in [-0.05, 0) is 31.7 Å². The topological polar surface area (TPSA) is 50.9 Å². The smallest absolute Gasteiger partial charge is 0.151 e. The van der Waals surface area contributed by atoms with Crippen molar-refractivity contribution >= 4 is 16.5 Å². The number of fused-ring (bicyclic) bond motifs is 1. The Morgan fingerprint density at radius 3 is 2.74 bits per heavy atom. The average molecular weight is 259 g/mol. The molecule has 1 aromatic carbocycles. The standard InChI is InChI=1S/C15H18FN3/c16-13-9-18-8-10-2-1-3-14(15(10)13)19-12-6-4-11(17)5-7-12/h1-3,8-9,11-12,19H,4-7,17H2/t11-,12+. The summed E-state index contributed by atoms with van der Waals surface area (Å²) in [5.41, 5.74) is 6.77. The molecule has 0 saturated heterocycles. The molecule has 100 valence electrons. The van der Waals surface area contributed by atoms with Crippen LogP contribution in [-0.4, -0.2) is 17.1 Å². The quantitative estimate of drug-likeness (QED) is 0.871. The first kappa shape index (κ1) is 12.4. The summed E-state index contributed by atoms with van der Waals surface area (Å²) in [6.07, 6.45) is 7.12. The number of nitrogens with one attached hydrogen (secondary N) is 1. The Bertz CT molecular complexity index is 571. The van der Waals surface area contributed by atoms with Crippen LogP contribution in [0.4, 0.5) is 10.1 Å². The number of halogens is 1. The molecular formula is C15H18FN3. The van der Waals surface area contributed by atoms with Gasteiger partial charge in [-0.15, -0.1) is 0 Å². The Labute approximate surface area is 112 Å². The minimum atomic E-state index is -0.270. The van der Waals surface area contributed by atoms with Crippen molar-refractivity contribution in [3.63, 3.8) is 0 Å². The molecule has 3 nitrogen and oxygen atoms in total. The predicted octanol–water partition coefficient (Wildman–Crippen LogP) is 3.06. The summed E-state index contributed by atoms with van der Waals surface area (Å²) in [6, 6.07) is 6.46. The van der Waals surface area contributed by atoms with Crippen LogP contribution in [0, 0.1) is 5.82 Å². The molecule has 2 aromatic rings. The molecule has 3 N–H and O–H groups in total. The number of rotatable bonds is 2. The predicted molar refractivity (Wildman–Crippen MR) is 75.6 cm³/mol. The second-order valence-corrected chi connectivity index (χ2v) is 5.28. The van der Waals surface area contributed by atoms with E-state index in [-0.39, 0.29) is 5.82 Å². The molecule has 3 rings (SSSR count). The summed E-state index contributed by atoms with van der Waals surface area (Å²) in [4.78, 5) is 3.89. The van der Waals surface area contributed by atoms with Crippen molar-refractivity contribution < 1.29 is 4.39 Å². The number of nitrogens with two attached hydrogens (primary N) is 1. The Hall–Kier alpha value is -1.68. The van der Waals surface area contributed by atoms with Crippen LogP contribution in [0.1, 0.15) is 25.7 Å². The van der Waals surface area contributed by atoms with E-state index in [0.29, 0.717) is 17.5 Å². The van der Waals surface area contributed by atoms with Crippen molar-refractivity contribution in [1.82, 2.24) is 4.98 Å². The molecule has 1 saturated carbocycles. The molecular weight excluding hydrogens is 241 g/mol. The van der Waals surface area contributed by atoms with Crippen molar-refractivity contribution in [3.05, 3.63) is 36.4 Å². The van der Waals surface area contributed by atoms with Gasteiger partial charge in [0, 0.05) is 34.7 Å². The molecule has 0 atom stereocenters. The van der Waals surface area contributed by atoms with Crippen molar-refractivity contribution in [1.29, 1.82) is 0 Å². The Balaban J connectivity index is 1.88. The van der Waals surface area contributed by atoms with E-state index in [1.165, 1.54) is 6.20 Å². The Morgan fingerprint density at radius 1 is 1.16 bits per heavy atom. The van der Waals surface area contributed by atoms with Gasteiger partial charge in [-0.1, -0.05) is 12.1 Å². The van der Waals surface area contributed by atoms with Gasteiger partial charge in [-0.3, -0.25) is 4.98 Å². The van der Waals surface area contributed by atoms with Gasteiger partial charge >= 0.3 is 0 Å². The van der Waals surface area contributed by atoms with Gasteiger partial charge in [-0.2, -0.15) is 0 Å². The van der Waals surface area contributed by atoms with Crippen molar-refractivity contribution in [2.45, 2.75) is 37.8 Å². The fraction of sp³-hybridized carbons (Fsp3) is 0.400. The maximum Gasteiger partial charge on any atom is 0.151 e. The number of nitrogens with zero attached hydrogens (tertiary/aromatic N) is 1. The third-order valence-electron chi connectivity index (χ3n) is 3.87. The van der Waals surface area contributed by atoms with E-state index in [1.807, 2.05) is 18.2 Å². The molecule has 1 aliphatic rings. The van der Waals surface area contributed by atoms with Gasteiger partial charge in [0.05, 0.1) is 6.20 Å². The fourth-order valence-electron chi connectivity index (χ4n) is 2.80. The van der Waals surface area contributed by atoms with Crippen molar-refractivity contribution in [3.8, 4) is 0 Å². The van der Waals surface area contributed by atoms with E-state index in [2.05, 4.69) is 10.3 Å². The van der Waals surface area contributed by atoms with E-state index in [4.69, 9.17) is 5.73 Å². The third-order valence-corrected chi connectivity index (χ3v) is 3.87. The maximum atomic E-state index is 13.9. The molecule has 19 heavy (non-hydrogen) atoms. The Morgan fingerprint density at radius 2 is 1.95 bits per heavy atom. The molecule has 1 fully saturated rings. The highest BCUT2D eigenvalue weighted by Gasteiger charge is 2.19. The van der Waals surface area contributed by atoms with E-state index in [0.717, 1.165) is 36.8 Å². The van der Waals surface area contributed by atoms with Crippen LogP contribution in [0.15, 0.2) is 30.6 Å². The normalized spacial score (nSPS) is 23.5. The molecule has 0 aliphatic heterocycles. The second-order valence-electron chi connectivity index (χ2n) is 5.28. The zero-order valence-corrected chi connectivity index (χ0v) is 10.8.